The third-order valence-electron chi connectivity index (χ3n) is 3.07. The molecular formula is C14H15ClN2O2S. The maximum atomic E-state index is 12.2. The Morgan fingerprint density at radius 3 is 2.85 bits per heavy atom. The van der Waals surface area contributed by atoms with E-state index in [0.717, 1.165) is 5.56 Å². The number of likely N-dealkylation sites (N-methyl/N-ethyl adjacent to an activating group) is 1. The lowest BCUT2D eigenvalue weighted by Gasteiger charge is -2.21. The van der Waals surface area contributed by atoms with Crippen LogP contribution < -0.4 is 0 Å². The van der Waals surface area contributed by atoms with Gasteiger partial charge in [-0.25, -0.2) is 4.98 Å². The van der Waals surface area contributed by atoms with Gasteiger partial charge in [-0.05, 0) is 13.0 Å². The average Bonchev–Trinajstić information content (AvgIpc) is 2.94. The van der Waals surface area contributed by atoms with Crippen molar-refractivity contribution in [1.29, 1.82) is 0 Å². The second-order valence-electron chi connectivity index (χ2n) is 4.47. The summed E-state index contributed by atoms with van der Waals surface area (Å²) in [7, 11) is 1.65. The molecule has 0 saturated carbocycles. The lowest BCUT2D eigenvalue weighted by atomic mass is 10.2. The number of hydrogen-bond acceptors (Lipinski definition) is 4. The Balaban J connectivity index is 2.26. The number of aliphatic hydroxyl groups is 1. The van der Waals surface area contributed by atoms with E-state index >= 15 is 0 Å². The van der Waals surface area contributed by atoms with E-state index in [1.165, 1.54) is 16.2 Å². The first-order valence-electron chi connectivity index (χ1n) is 6.13. The van der Waals surface area contributed by atoms with E-state index < -0.39 is 0 Å². The Morgan fingerprint density at radius 1 is 1.50 bits per heavy atom. The fraction of sp³-hybridized carbons (Fsp3) is 0.286. The van der Waals surface area contributed by atoms with E-state index in [-0.39, 0.29) is 18.6 Å². The molecule has 1 aromatic carbocycles. The monoisotopic (exact) mass is 310 g/mol. The molecule has 2 rings (SSSR count). The lowest BCUT2D eigenvalue weighted by Crippen LogP contribution is -2.37. The van der Waals surface area contributed by atoms with E-state index in [1.807, 2.05) is 18.2 Å². The second kappa shape index (κ2) is 6.35. The van der Waals surface area contributed by atoms with Gasteiger partial charge in [-0.15, -0.1) is 11.3 Å². The van der Waals surface area contributed by atoms with Crippen LogP contribution in [0.25, 0.3) is 10.6 Å². The summed E-state index contributed by atoms with van der Waals surface area (Å²) in [5.41, 5.74) is 1.18. The summed E-state index contributed by atoms with van der Waals surface area (Å²) in [6.07, 6.45) is 0. The molecule has 0 saturated heterocycles. The van der Waals surface area contributed by atoms with Crippen LogP contribution in [-0.2, 0) is 0 Å². The zero-order chi connectivity index (χ0) is 14.7. The number of amides is 1. The van der Waals surface area contributed by atoms with Crippen molar-refractivity contribution in [3.63, 3.8) is 0 Å². The molecule has 0 aliphatic rings. The van der Waals surface area contributed by atoms with Gasteiger partial charge in [0.25, 0.3) is 5.91 Å². The van der Waals surface area contributed by atoms with Crippen molar-refractivity contribution >= 4 is 28.8 Å². The summed E-state index contributed by atoms with van der Waals surface area (Å²) in [5.74, 6) is -0.207. The number of hydrogen-bond donors (Lipinski definition) is 1. The van der Waals surface area contributed by atoms with Crippen LogP contribution in [-0.4, -0.2) is 40.6 Å². The number of halogens is 1. The molecule has 1 heterocycles. The fourth-order valence-corrected chi connectivity index (χ4v) is 2.75. The van der Waals surface area contributed by atoms with Crippen molar-refractivity contribution in [1.82, 2.24) is 9.88 Å². The van der Waals surface area contributed by atoms with E-state index in [1.54, 1.807) is 25.4 Å². The van der Waals surface area contributed by atoms with Crippen LogP contribution >= 0.6 is 22.9 Å². The van der Waals surface area contributed by atoms with Crippen molar-refractivity contribution in [3.8, 4) is 10.6 Å². The first-order valence-corrected chi connectivity index (χ1v) is 7.38. The van der Waals surface area contributed by atoms with E-state index in [9.17, 15) is 4.79 Å². The summed E-state index contributed by atoms with van der Waals surface area (Å²) >= 11 is 7.50. The number of aliphatic hydroxyl groups excluding tert-OH is 1. The molecule has 20 heavy (non-hydrogen) atoms. The Morgan fingerprint density at radius 2 is 2.20 bits per heavy atom. The Bertz CT molecular complexity index is 615. The van der Waals surface area contributed by atoms with Gasteiger partial charge in [-0.2, -0.15) is 0 Å². The molecule has 1 N–H and O–H groups in total. The van der Waals surface area contributed by atoms with Gasteiger partial charge in [0, 0.05) is 18.0 Å². The van der Waals surface area contributed by atoms with Gasteiger partial charge in [0.15, 0.2) is 0 Å². The highest BCUT2D eigenvalue weighted by atomic mass is 35.5. The molecule has 0 fully saturated rings. The Labute approximate surface area is 126 Å². The number of carbonyl (C=O) groups excluding carboxylic acids is 1. The molecular weight excluding hydrogens is 296 g/mol. The number of thiazole rings is 1. The minimum Gasteiger partial charge on any atom is -0.394 e. The maximum Gasteiger partial charge on any atom is 0.273 e. The number of benzene rings is 1. The Hall–Kier alpha value is -1.43. The van der Waals surface area contributed by atoms with Crippen LogP contribution in [0, 0.1) is 0 Å². The normalized spacial score (nSPS) is 12.2. The topological polar surface area (TPSA) is 53.4 Å². The molecule has 1 aromatic heterocycles. The van der Waals surface area contributed by atoms with Crippen LogP contribution in [0.2, 0.25) is 5.02 Å². The van der Waals surface area contributed by atoms with Crippen molar-refractivity contribution in [2.75, 3.05) is 13.7 Å². The van der Waals surface area contributed by atoms with Gasteiger partial charge in [-0.1, -0.05) is 29.8 Å². The molecule has 0 bridgehead atoms. The van der Waals surface area contributed by atoms with E-state index in [4.69, 9.17) is 16.7 Å². The highest BCUT2D eigenvalue weighted by molar-refractivity contribution is 7.13. The van der Waals surface area contributed by atoms with Crippen molar-refractivity contribution in [2.24, 2.45) is 0 Å². The van der Waals surface area contributed by atoms with E-state index in [0.29, 0.717) is 15.7 Å². The van der Waals surface area contributed by atoms with Gasteiger partial charge < -0.3 is 10.0 Å². The average molecular weight is 311 g/mol. The van der Waals surface area contributed by atoms with Crippen molar-refractivity contribution in [2.45, 2.75) is 13.0 Å². The van der Waals surface area contributed by atoms with Crippen LogP contribution in [0.5, 0.6) is 0 Å². The summed E-state index contributed by atoms with van der Waals surface area (Å²) < 4.78 is 0. The Kier molecular flexibility index (Phi) is 4.75. The minimum absolute atomic E-state index is 0.0796. The molecule has 0 spiro atoms. The first-order chi connectivity index (χ1) is 9.54. The first kappa shape index (κ1) is 15.0. The number of aromatic nitrogens is 1. The molecule has 2 aromatic rings. The van der Waals surface area contributed by atoms with Gasteiger partial charge in [0.05, 0.1) is 17.7 Å². The van der Waals surface area contributed by atoms with Crippen LogP contribution in [0.1, 0.15) is 17.4 Å². The molecule has 0 aliphatic carbocycles. The molecule has 6 heteroatoms. The third kappa shape index (κ3) is 3.00. The minimum atomic E-state index is -0.243. The van der Waals surface area contributed by atoms with Crippen LogP contribution in [0.3, 0.4) is 0 Å². The zero-order valence-corrected chi connectivity index (χ0v) is 12.8. The van der Waals surface area contributed by atoms with Gasteiger partial charge in [-0.3, -0.25) is 4.79 Å². The molecule has 106 valence electrons. The quantitative estimate of drug-likeness (QED) is 0.944. The largest absolute Gasteiger partial charge is 0.394 e. The molecule has 1 unspecified atom stereocenters. The van der Waals surface area contributed by atoms with Crippen LogP contribution in [0.4, 0.5) is 0 Å². The standard InChI is InChI=1S/C14H15ClN2O2S/c1-9(7-18)17(2)14(19)12-8-20-13(16-12)10-5-3-4-6-11(10)15/h3-6,8-9,18H,7H2,1-2H3. The second-order valence-corrected chi connectivity index (χ2v) is 5.73. The SMILES string of the molecule is CC(CO)N(C)C(=O)c1csc(-c2ccccc2Cl)n1. The van der Waals surface area contributed by atoms with Gasteiger partial charge in [0.2, 0.25) is 0 Å². The lowest BCUT2D eigenvalue weighted by molar-refractivity contribution is 0.0677. The summed E-state index contributed by atoms with van der Waals surface area (Å²) in [5, 5.41) is 12.1. The van der Waals surface area contributed by atoms with Gasteiger partial charge >= 0.3 is 0 Å². The predicted octanol–water partition coefficient (Wildman–Crippen LogP) is 2.92. The molecule has 1 amide bonds. The van der Waals surface area contributed by atoms with E-state index in [2.05, 4.69) is 4.98 Å². The summed E-state index contributed by atoms with van der Waals surface area (Å²) in [6, 6.07) is 7.15. The third-order valence-corrected chi connectivity index (χ3v) is 4.28. The number of nitrogens with zero attached hydrogens (tertiary/aromatic N) is 2. The highest BCUT2D eigenvalue weighted by Crippen LogP contribution is 2.30. The van der Waals surface area contributed by atoms with Gasteiger partial charge in [0.1, 0.15) is 10.7 Å². The summed E-state index contributed by atoms with van der Waals surface area (Å²) in [6.45, 7) is 1.70. The smallest absolute Gasteiger partial charge is 0.273 e. The molecule has 0 aliphatic heterocycles. The number of rotatable bonds is 4. The fourth-order valence-electron chi connectivity index (χ4n) is 1.63. The molecule has 4 nitrogen and oxygen atoms in total. The zero-order valence-electron chi connectivity index (χ0n) is 11.2. The maximum absolute atomic E-state index is 12.2. The predicted molar refractivity (Wildman–Crippen MR) is 81.2 cm³/mol. The highest BCUT2D eigenvalue weighted by Gasteiger charge is 2.20. The molecule has 0 radical (unpaired) electrons. The number of carbonyl (C=O) groups is 1. The van der Waals surface area contributed by atoms with Crippen LogP contribution in [0.15, 0.2) is 29.6 Å². The van der Waals surface area contributed by atoms with Crippen molar-refractivity contribution in [3.05, 3.63) is 40.4 Å². The molecule has 1 atom stereocenters. The summed E-state index contributed by atoms with van der Waals surface area (Å²) in [4.78, 5) is 18.0. The van der Waals surface area contributed by atoms with Crippen molar-refractivity contribution < 1.29 is 9.90 Å².